The van der Waals surface area contributed by atoms with E-state index in [9.17, 15) is 76.8 Å². The van der Waals surface area contributed by atoms with E-state index in [0.717, 1.165) is 48.5 Å². The SMILES string of the molecule is O=C(O)c1cc(=O)[nH]c(O)c1N=Nc1ccc(Nc2nc(Cl)nc(Nc3ccc4c(O)c(N=Nc5cc(SOOCCS(=O)OOO)ccc5S(=O)(=O)O)c(OS(=O)O)cc4c3S(=O)(=O)O)n2)cc1S(=O)(=O)O. The van der Waals surface area contributed by atoms with Gasteiger partial charge in [-0.05, 0) is 66.2 Å². The Labute approximate surface area is 419 Å². The molecule has 0 fully saturated rings. The van der Waals surface area contributed by atoms with Crippen molar-refractivity contribution in [3.63, 3.8) is 0 Å². The van der Waals surface area contributed by atoms with Crippen LogP contribution in [0.3, 0.4) is 0 Å². The van der Waals surface area contributed by atoms with Gasteiger partial charge >= 0.3 is 17.3 Å². The number of carbonyl (C=O) groups is 1. The van der Waals surface area contributed by atoms with E-state index >= 15 is 0 Å². The number of nitrogens with zero attached hydrogens (tertiary/aromatic N) is 7. The number of carboxylic acid groups (broad SMARTS) is 1. The molecule has 0 saturated heterocycles. The number of azo groups is 2. The number of carboxylic acids is 1. The molecule has 2 atom stereocenters. The second kappa shape index (κ2) is 23.0. The van der Waals surface area contributed by atoms with Gasteiger partial charge in [-0.2, -0.15) is 48.7 Å². The normalized spacial score (nSPS) is 13.1. The third-order valence-corrected chi connectivity index (χ3v) is 13.1. The maximum absolute atomic E-state index is 13.0. The number of halogens is 1. The molecule has 2 unspecified atom stereocenters. The molecule has 40 heteroatoms. The minimum atomic E-state index is -5.43. The molecule has 0 spiro atoms. The summed E-state index contributed by atoms with van der Waals surface area (Å²) in [6.45, 7) is -0.381. The van der Waals surface area contributed by atoms with Gasteiger partial charge in [-0.3, -0.25) is 28.0 Å². The summed E-state index contributed by atoms with van der Waals surface area (Å²) in [5, 5.41) is 60.1. The van der Waals surface area contributed by atoms with E-state index in [0.29, 0.717) is 24.2 Å². The Morgan fingerprint density at radius 2 is 1.47 bits per heavy atom. The number of aromatic hydroxyl groups is 2. The van der Waals surface area contributed by atoms with Crippen molar-refractivity contribution in [3.8, 4) is 17.4 Å². The molecule has 0 radical (unpaired) electrons. The fourth-order valence-electron chi connectivity index (χ4n) is 5.72. The van der Waals surface area contributed by atoms with Crippen LogP contribution < -0.4 is 20.4 Å². The van der Waals surface area contributed by atoms with Crippen LogP contribution in [-0.2, 0) is 71.4 Å². The number of phenols is 1. The van der Waals surface area contributed by atoms with Crippen molar-refractivity contribution in [2.75, 3.05) is 23.0 Å². The van der Waals surface area contributed by atoms with Gasteiger partial charge in [-0.1, -0.05) is 5.04 Å². The monoisotopic (exact) mass is 1160 g/mol. The van der Waals surface area contributed by atoms with Gasteiger partial charge in [-0.25, -0.2) is 19.1 Å². The summed E-state index contributed by atoms with van der Waals surface area (Å²) in [6.07, 6.45) is 0. The van der Waals surface area contributed by atoms with Gasteiger partial charge in [-0.15, -0.1) is 24.8 Å². The first-order valence-electron chi connectivity index (χ1n) is 18.4. The van der Waals surface area contributed by atoms with Crippen LogP contribution >= 0.6 is 23.6 Å². The lowest BCUT2D eigenvalue weighted by atomic mass is 10.1. The molecule has 0 aliphatic carbocycles. The van der Waals surface area contributed by atoms with Gasteiger partial charge < -0.3 is 30.1 Å². The van der Waals surface area contributed by atoms with Crippen LogP contribution in [-0.4, -0.2) is 111 Å². The number of fused-ring (bicyclic) bond motifs is 1. The summed E-state index contributed by atoms with van der Waals surface area (Å²) in [4.78, 5) is 38.7. The highest BCUT2D eigenvalue weighted by Crippen LogP contribution is 2.48. The number of H-pyrrole nitrogens is 1. The maximum Gasteiger partial charge on any atom is 0.357 e. The number of pyridine rings is 1. The summed E-state index contributed by atoms with van der Waals surface area (Å²) < 4.78 is 152. The smallest absolute Gasteiger partial charge is 0.357 e. The first-order chi connectivity index (χ1) is 34.2. The third kappa shape index (κ3) is 14.2. The number of rotatable bonds is 22. The van der Waals surface area contributed by atoms with Gasteiger partial charge in [0.05, 0.1) is 35.7 Å². The quantitative estimate of drug-likeness (QED) is 0.00802. The number of phenolic OH excluding ortho intramolecular Hbond substituents is 1. The molecule has 0 saturated carbocycles. The highest BCUT2D eigenvalue weighted by molar-refractivity contribution is 7.94. The van der Waals surface area contributed by atoms with Crippen LogP contribution in [0, 0.1) is 0 Å². The zero-order chi connectivity index (χ0) is 53.6. The molecule has 2 heterocycles. The molecular weight excluding hydrogens is 1130 g/mol. The van der Waals surface area contributed by atoms with Crippen molar-refractivity contribution in [3.05, 3.63) is 81.9 Å². The zero-order valence-electron chi connectivity index (χ0n) is 34.8. The van der Waals surface area contributed by atoms with Gasteiger partial charge in [0.15, 0.2) is 34.0 Å². The van der Waals surface area contributed by atoms with Gasteiger partial charge in [0.25, 0.3) is 35.9 Å². The Morgan fingerprint density at radius 3 is 2.11 bits per heavy atom. The molecule has 0 aliphatic heterocycles. The maximum atomic E-state index is 13.0. The van der Waals surface area contributed by atoms with E-state index in [4.69, 9.17) is 30.3 Å². The van der Waals surface area contributed by atoms with E-state index in [-0.39, 0.29) is 22.9 Å². The standard InChI is InChI=1S/C33H25ClN10O23S6/c34-31-38-32(35-13-1-4-18(23(9-13)72(57,58)59)41-43-25-17(30(48)49)12-24(45)37-29(25)47)40-33(39-31)36-19-5-3-15-16(28(19)73(60,61)62)11-21(64-70(52)53)26(27(15)46)44-42-20-10-14(2-6-22(20)71(54,55)56)68-66-63-7-8-69(51)67-65-50/h1-6,9-12,46,50H,7-8H2,(H,48,49)(H,52,53)(H2,37,45,47)(H,54,55,56)(H,57,58,59)(H,60,61,62)(H2,35,36,38,39,40). The summed E-state index contributed by atoms with van der Waals surface area (Å²) in [7, 11) is -15.7. The molecule has 0 bridgehead atoms. The van der Waals surface area contributed by atoms with Gasteiger partial charge in [0, 0.05) is 27.4 Å². The van der Waals surface area contributed by atoms with Crippen molar-refractivity contribution < 1.29 is 100 Å². The number of nitrogens with one attached hydrogen (secondary N) is 3. The minimum Gasteiger partial charge on any atom is -0.505 e. The van der Waals surface area contributed by atoms with Crippen molar-refractivity contribution in [1.29, 1.82) is 0 Å². The Kier molecular flexibility index (Phi) is 17.5. The van der Waals surface area contributed by atoms with Crippen molar-refractivity contribution >= 4 is 139 Å². The molecular formula is C33H25ClN10O23S6. The molecule has 0 aliphatic rings. The third-order valence-electron chi connectivity index (χ3n) is 8.52. The lowest BCUT2D eigenvalue weighted by Crippen LogP contribution is -2.09. The summed E-state index contributed by atoms with van der Waals surface area (Å²) in [5.41, 5.74) is -5.58. The molecule has 0 amide bonds. The Morgan fingerprint density at radius 1 is 0.795 bits per heavy atom. The van der Waals surface area contributed by atoms with E-state index in [2.05, 4.69) is 55.4 Å². The number of aromatic carboxylic acids is 1. The second-order valence-corrected chi connectivity index (χ2v) is 20.2. The Balaban J connectivity index is 1.34. The molecule has 4 aromatic carbocycles. The highest BCUT2D eigenvalue weighted by Gasteiger charge is 2.27. The zero-order valence-corrected chi connectivity index (χ0v) is 40.5. The second-order valence-electron chi connectivity index (χ2n) is 13.2. The van der Waals surface area contributed by atoms with Crippen LogP contribution in [0.1, 0.15) is 10.4 Å². The predicted octanol–water partition coefficient (Wildman–Crippen LogP) is 5.09. The largest absolute Gasteiger partial charge is 0.505 e. The summed E-state index contributed by atoms with van der Waals surface area (Å²) >= 11 is 1.14. The van der Waals surface area contributed by atoms with Gasteiger partial charge in [0.2, 0.25) is 23.1 Å². The molecule has 73 heavy (non-hydrogen) atoms. The van der Waals surface area contributed by atoms with Crippen molar-refractivity contribution in [2.24, 2.45) is 20.5 Å². The first kappa shape index (κ1) is 55.5. The lowest BCUT2D eigenvalue weighted by molar-refractivity contribution is -0.435. The Bertz CT molecular complexity index is 3700. The van der Waals surface area contributed by atoms with Crippen LogP contribution in [0.15, 0.2) is 105 Å². The number of anilines is 4. The van der Waals surface area contributed by atoms with Crippen molar-refractivity contribution in [1.82, 2.24) is 19.9 Å². The lowest BCUT2D eigenvalue weighted by Gasteiger charge is -2.15. The molecule has 6 rings (SSSR count). The Hall–Kier alpha value is -6.80. The van der Waals surface area contributed by atoms with E-state index in [1.807, 2.05) is 4.98 Å². The van der Waals surface area contributed by atoms with Crippen LogP contribution in [0.25, 0.3) is 10.8 Å². The van der Waals surface area contributed by atoms with Crippen LogP contribution in [0.5, 0.6) is 17.4 Å². The number of hydrogen-bond donors (Lipinski definition) is 11. The molecule has 33 nitrogen and oxygen atoms in total. The van der Waals surface area contributed by atoms with Crippen LogP contribution in [0.4, 0.5) is 46.0 Å². The number of aromatic amines is 1. The van der Waals surface area contributed by atoms with Crippen molar-refractivity contribution in [2.45, 2.75) is 19.6 Å². The fraction of sp³-hybridized carbons (Fsp3) is 0.0606. The van der Waals surface area contributed by atoms with E-state index in [1.54, 1.807) is 0 Å². The number of benzene rings is 4. The minimum absolute atomic E-state index is 0.0152. The number of aromatic nitrogens is 4. The van der Waals surface area contributed by atoms with E-state index in [1.165, 1.54) is 0 Å². The summed E-state index contributed by atoms with van der Waals surface area (Å²) in [5.74, 6) is -6.20. The fourth-order valence-corrected chi connectivity index (χ4v) is 9.08. The average Bonchev–Trinajstić information content (AvgIpc) is 3.27. The number of hydrogen-bond acceptors (Lipinski definition) is 28. The van der Waals surface area contributed by atoms with Gasteiger partial charge in [0.1, 0.15) is 26.1 Å². The molecule has 388 valence electrons. The highest BCUT2D eigenvalue weighted by atomic mass is 35.5. The molecule has 6 aromatic rings. The predicted molar refractivity (Wildman–Crippen MR) is 245 cm³/mol. The van der Waals surface area contributed by atoms with Crippen LogP contribution in [0.2, 0.25) is 5.28 Å². The molecule has 11 N–H and O–H groups in total. The molecule has 2 aromatic heterocycles. The van der Waals surface area contributed by atoms with E-state index < -0.39 is 158 Å². The summed E-state index contributed by atoms with van der Waals surface area (Å²) in [6, 6.07) is 8.91. The topological polar surface area (TPSA) is 507 Å². The first-order valence-corrected chi connectivity index (χ1v) is 26.1. The average molecular weight is 1160 g/mol.